The van der Waals surface area contributed by atoms with Crippen LogP contribution in [0, 0.1) is 5.92 Å². The van der Waals surface area contributed by atoms with Crippen LogP contribution in [-0.4, -0.2) is 96.7 Å². The van der Waals surface area contributed by atoms with Gasteiger partial charge in [-0.2, -0.15) is 0 Å². The molecule has 0 radical (unpaired) electrons. The molecule has 3 N–H and O–H groups in total. The Morgan fingerprint density at radius 3 is 0.687 bits per heavy atom. The van der Waals surface area contributed by atoms with E-state index in [-0.39, 0.29) is 25.7 Å². The summed E-state index contributed by atoms with van der Waals surface area (Å²) >= 11 is 0. The number of ether oxygens (including phenoxy) is 4. The predicted molar refractivity (Wildman–Crippen MR) is 405 cm³/mol. The van der Waals surface area contributed by atoms with Crippen molar-refractivity contribution < 1.29 is 80.2 Å². The Morgan fingerprint density at radius 2 is 0.465 bits per heavy atom. The van der Waals surface area contributed by atoms with Gasteiger partial charge in [-0.05, 0) is 31.6 Å². The second-order valence-corrected chi connectivity index (χ2v) is 32.2. The lowest BCUT2D eigenvalue weighted by molar-refractivity contribution is -0.161. The fourth-order valence-electron chi connectivity index (χ4n) is 12.4. The SMILES string of the molecule is CCCCCCCCCCCCCCCCCCCCCCC(=O)O[C@H](COC(=O)CCCCCCCCCCCCCCCCCCC)COP(=O)(O)OC[C@@H](O)COP(=O)(O)OC[C@@H](COC(=O)CCCCCCCCC)OC(=O)CCCCCCCCCCCCCCC(C)C. The van der Waals surface area contributed by atoms with Gasteiger partial charge >= 0.3 is 39.5 Å². The van der Waals surface area contributed by atoms with E-state index in [2.05, 4.69) is 34.6 Å². The first-order chi connectivity index (χ1) is 48.0. The van der Waals surface area contributed by atoms with Crippen molar-refractivity contribution >= 4 is 39.5 Å². The average molecular weight is 1450 g/mol. The summed E-state index contributed by atoms with van der Waals surface area (Å²) in [4.78, 5) is 72.8. The lowest BCUT2D eigenvalue weighted by Gasteiger charge is -2.21. The highest BCUT2D eigenvalue weighted by Gasteiger charge is 2.30. The molecule has 0 aliphatic heterocycles. The van der Waals surface area contributed by atoms with Gasteiger partial charge in [-0.15, -0.1) is 0 Å². The van der Waals surface area contributed by atoms with Crippen molar-refractivity contribution in [3.8, 4) is 0 Å². The van der Waals surface area contributed by atoms with Gasteiger partial charge < -0.3 is 33.8 Å². The third kappa shape index (κ3) is 74.1. The number of aliphatic hydroxyl groups excluding tert-OH is 1. The standard InChI is InChI=1S/C80H156O17P2/c1-6-9-12-15-18-20-22-24-26-28-29-30-32-34-36-41-45-50-55-60-65-80(85)97-76(70-91-78(83)64-59-54-49-44-40-35-33-31-27-25-23-21-19-16-13-10-7-2)72-95-99(88,89)93-68-74(81)67-92-98(86,87)94-71-75(69-90-77(82)63-58-53-47-17-14-11-8-3)96-79(84)66-61-56-51-46-42-38-37-39-43-48-52-57-62-73(4)5/h73-76,81H,6-72H2,1-5H3,(H,86,87)(H,88,89)/t74-,75+,76+/m0/s1. The van der Waals surface area contributed by atoms with Gasteiger partial charge in [-0.25, -0.2) is 9.13 Å². The molecule has 0 amide bonds. The second-order valence-electron chi connectivity index (χ2n) is 29.3. The molecule has 17 nitrogen and oxygen atoms in total. The molecule has 0 aliphatic carbocycles. The van der Waals surface area contributed by atoms with Gasteiger partial charge in [0.05, 0.1) is 26.4 Å². The van der Waals surface area contributed by atoms with Crippen LogP contribution in [0.2, 0.25) is 0 Å². The quantitative estimate of drug-likeness (QED) is 0.0222. The first-order valence-corrected chi connectivity index (χ1v) is 44.6. The Hall–Kier alpha value is -1.94. The number of esters is 4. The van der Waals surface area contributed by atoms with E-state index in [1.54, 1.807) is 0 Å². The number of hydrogen-bond donors (Lipinski definition) is 3. The summed E-state index contributed by atoms with van der Waals surface area (Å²) < 4.78 is 68.6. The maximum absolute atomic E-state index is 13.1. The minimum atomic E-state index is -4.96. The lowest BCUT2D eigenvalue weighted by atomic mass is 10.0. The number of hydrogen-bond acceptors (Lipinski definition) is 15. The summed E-state index contributed by atoms with van der Waals surface area (Å²) in [6.45, 7) is 7.29. The van der Waals surface area contributed by atoms with E-state index in [9.17, 15) is 43.2 Å². The maximum Gasteiger partial charge on any atom is 0.472 e. The molecule has 0 rings (SSSR count). The molecular formula is C80H156O17P2. The molecule has 0 bridgehead atoms. The van der Waals surface area contributed by atoms with Crippen LogP contribution in [0.5, 0.6) is 0 Å². The van der Waals surface area contributed by atoms with Crippen LogP contribution >= 0.6 is 15.6 Å². The Balaban J connectivity index is 5.18. The zero-order valence-electron chi connectivity index (χ0n) is 64.6. The monoisotopic (exact) mass is 1450 g/mol. The van der Waals surface area contributed by atoms with Crippen molar-refractivity contribution in [2.24, 2.45) is 5.92 Å². The van der Waals surface area contributed by atoms with E-state index in [0.29, 0.717) is 25.7 Å². The summed E-state index contributed by atoms with van der Waals surface area (Å²) in [7, 11) is -9.91. The molecule has 19 heteroatoms. The maximum atomic E-state index is 13.1. The third-order valence-corrected chi connectivity index (χ3v) is 20.7. The fourth-order valence-corrected chi connectivity index (χ4v) is 14.0. The highest BCUT2D eigenvalue weighted by molar-refractivity contribution is 7.47. The molecule has 0 spiro atoms. The van der Waals surface area contributed by atoms with Gasteiger partial charge in [0.2, 0.25) is 0 Å². The van der Waals surface area contributed by atoms with Crippen LogP contribution in [-0.2, 0) is 65.4 Å². The first-order valence-electron chi connectivity index (χ1n) is 41.6. The van der Waals surface area contributed by atoms with Crippen molar-refractivity contribution in [1.29, 1.82) is 0 Å². The number of rotatable bonds is 80. The third-order valence-electron chi connectivity index (χ3n) is 18.8. The van der Waals surface area contributed by atoms with Crippen LogP contribution in [0.3, 0.4) is 0 Å². The molecule has 588 valence electrons. The van der Waals surface area contributed by atoms with Gasteiger partial charge in [0.15, 0.2) is 12.2 Å². The highest BCUT2D eigenvalue weighted by Crippen LogP contribution is 2.45. The second kappa shape index (κ2) is 73.0. The Labute approximate surface area is 607 Å². The summed E-state index contributed by atoms with van der Waals surface area (Å²) in [6.07, 6.45) is 64.0. The van der Waals surface area contributed by atoms with Gasteiger partial charge in [-0.1, -0.05) is 375 Å². The average Bonchev–Trinajstić information content (AvgIpc) is 1.11. The van der Waals surface area contributed by atoms with E-state index in [0.717, 1.165) is 109 Å². The largest absolute Gasteiger partial charge is 0.472 e. The molecule has 0 aliphatic rings. The zero-order valence-corrected chi connectivity index (χ0v) is 66.4. The van der Waals surface area contributed by atoms with Gasteiger partial charge in [0, 0.05) is 25.7 Å². The molecule has 0 aromatic carbocycles. The number of phosphoric acid groups is 2. The summed E-state index contributed by atoms with van der Waals surface area (Å²) in [5.74, 6) is -1.34. The fraction of sp³-hybridized carbons (Fsp3) is 0.950. The molecule has 0 heterocycles. The number of phosphoric ester groups is 2. The number of aliphatic hydroxyl groups is 1. The molecular weight excluding hydrogens is 1290 g/mol. The summed E-state index contributed by atoms with van der Waals surface area (Å²) in [5, 5.41) is 10.6. The Bertz CT molecular complexity index is 1890. The predicted octanol–water partition coefficient (Wildman–Crippen LogP) is 24.0. The lowest BCUT2D eigenvalue weighted by Crippen LogP contribution is -2.30. The van der Waals surface area contributed by atoms with Gasteiger partial charge in [0.1, 0.15) is 19.3 Å². The van der Waals surface area contributed by atoms with Crippen LogP contribution in [0.25, 0.3) is 0 Å². The van der Waals surface area contributed by atoms with E-state index in [1.807, 2.05) is 0 Å². The van der Waals surface area contributed by atoms with E-state index < -0.39 is 97.5 Å². The van der Waals surface area contributed by atoms with Crippen LogP contribution in [0.1, 0.15) is 426 Å². The van der Waals surface area contributed by atoms with Gasteiger partial charge in [-0.3, -0.25) is 37.3 Å². The molecule has 99 heavy (non-hydrogen) atoms. The molecule has 0 saturated carbocycles. The smallest absolute Gasteiger partial charge is 0.462 e. The van der Waals surface area contributed by atoms with E-state index in [4.69, 9.17) is 37.0 Å². The number of unbranched alkanes of at least 4 members (excludes halogenated alkanes) is 52. The molecule has 0 fully saturated rings. The molecule has 0 aromatic heterocycles. The van der Waals surface area contributed by atoms with Crippen molar-refractivity contribution in [2.45, 2.75) is 445 Å². The number of carbonyl (C=O) groups is 4. The van der Waals surface area contributed by atoms with Crippen molar-refractivity contribution in [3.05, 3.63) is 0 Å². The van der Waals surface area contributed by atoms with E-state index >= 15 is 0 Å². The molecule has 0 saturated heterocycles. The van der Waals surface area contributed by atoms with Crippen molar-refractivity contribution in [3.63, 3.8) is 0 Å². The first kappa shape index (κ1) is 97.1. The normalized spacial score (nSPS) is 13.9. The minimum absolute atomic E-state index is 0.107. The summed E-state index contributed by atoms with van der Waals surface area (Å²) in [5.41, 5.74) is 0. The topological polar surface area (TPSA) is 237 Å². The highest BCUT2D eigenvalue weighted by atomic mass is 31.2. The Morgan fingerprint density at radius 1 is 0.273 bits per heavy atom. The number of carbonyl (C=O) groups excluding carboxylic acids is 4. The molecule has 5 atom stereocenters. The van der Waals surface area contributed by atoms with E-state index in [1.165, 1.54) is 238 Å². The van der Waals surface area contributed by atoms with Crippen LogP contribution in [0.15, 0.2) is 0 Å². The molecule has 0 aromatic rings. The van der Waals surface area contributed by atoms with Crippen molar-refractivity contribution in [2.75, 3.05) is 39.6 Å². The minimum Gasteiger partial charge on any atom is -0.462 e. The van der Waals surface area contributed by atoms with Crippen LogP contribution < -0.4 is 0 Å². The molecule has 2 unspecified atom stereocenters. The van der Waals surface area contributed by atoms with Crippen LogP contribution in [0.4, 0.5) is 0 Å². The zero-order chi connectivity index (χ0) is 72.7. The summed E-state index contributed by atoms with van der Waals surface area (Å²) in [6, 6.07) is 0. The van der Waals surface area contributed by atoms with Crippen molar-refractivity contribution in [1.82, 2.24) is 0 Å². The Kier molecular flexibility index (Phi) is 71.6. The van der Waals surface area contributed by atoms with Gasteiger partial charge in [0.25, 0.3) is 0 Å².